The molecule has 0 saturated carbocycles. The predicted octanol–water partition coefficient (Wildman–Crippen LogP) is 9.26. The molecule has 262 valence electrons. The van der Waals surface area contributed by atoms with Crippen LogP contribution >= 0.6 is 0 Å². The average Bonchev–Trinajstić information content (AvgIpc) is 2.99. The third-order valence-corrected chi connectivity index (χ3v) is 9.02. The lowest BCUT2D eigenvalue weighted by atomic mass is 10.1. The van der Waals surface area contributed by atoms with Crippen molar-refractivity contribution in [2.45, 2.75) is 195 Å². The zero-order chi connectivity index (χ0) is 32.7. The molecule has 0 aliphatic rings. The van der Waals surface area contributed by atoms with Crippen LogP contribution in [0.3, 0.4) is 0 Å². The zero-order valence-corrected chi connectivity index (χ0v) is 30.7. The normalized spacial score (nSPS) is 11.8. The minimum absolute atomic E-state index is 0.140. The van der Waals surface area contributed by atoms with Crippen LogP contribution in [0.2, 0.25) is 0 Å². The molecule has 0 fully saturated rings. The van der Waals surface area contributed by atoms with Gasteiger partial charge in [0.2, 0.25) is 11.8 Å². The largest absolute Gasteiger partial charge is 0.356 e. The van der Waals surface area contributed by atoms with Crippen LogP contribution < -0.4 is 10.6 Å². The highest BCUT2D eigenvalue weighted by atomic mass is 16.2. The van der Waals surface area contributed by atoms with Crippen molar-refractivity contribution in [1.29, 1.82) is 0 Å². The summed E-state index contributed by atoms with van der Waals surface area (Å²) < 4.78 is 0. The molecule has 0 unspecified atom stereocenters. The Morgan fingerprint density at radius 2 is 0.773 bits per heavy atom. The van der Waals surface area contributed by atoms with E-state index in [1.165, 1.54) is 116 Å². The smallest absolute Gasteiger partial charge is 0.221 e. The number of nitrogens with one attached hydrogen (secondary N) is 2. The first-order chi connectivity index (χ1) is 21.3. The fraction of sp³-hybridized carbons (Fsp3) is 0.947. The van der Waals surface area contributed by atoms with Crippen LogP contribution in [0.4, 0.5) is 0 Å². The summed E-state index contributed by atoms with van der Waals surface area (Å²) in [6.45, 7) is 18.3. The van der Waals surface area contributed by atoms with Crippen LogP contribution in [0.5, 0.6) is 0 Å². The van der Waals surface area contributed by atoms with Gasteiger partial charge in [0.05, 0.1) is 0 Å². The third kappa shape index (κ3) is 28.3. The number of hydrogen-bond donors (Lipinski definition) is 2. The first kappa shape index (κ1) is 42.9. The first-order valence-electron chi connectivity index (χ1n) is 19.3. The van der Waals surface area contributed by atoms with Crippen molar-refractivity contribution in [1.82, 2.24) is 20.4 Å². The molecule has 0 aromatic heterocycles. The van der Waals surface area contributed by atoms with Gasteiger partial charge in [-0.2, -0.15) is 0 Å². The Morgan fingerprint density at radius 1 is 0.455 bits per heavy atom. The Kier molecular flexibility index (Phi) is 31.0. The van der Waals surface area contributed by atoms with Crippen molar-refractivity contribution in [2.75, 3.05) is 39.3 Å². The van der Waals surface area contributed by atoms with Crippen LogP contribution in [0, 0.1) is 0 Å². The monoisotopic (exact) mass is 623 g/mol. The summed E-state index contributed by atoms with van der Waals surface area (Å²) in [7, 11) is 0. The second kappa shape index (κ2) is 31.8. The van der Waals surface area contributed by atoms with Crippen molar-refractivity contribution in [2.24, 2.45) is 0 Å². The predicted molar refractivity (Wildman–Crippen MR) is 192 cm³/mol. The third-order valence-electron chi connectivity index (χ3n) is 9.02. The summed E-state index contributed by atoms with van der Waals surface area (Å²) in [5, 5.41) is 6.28. The first-order valence-corrected chi connectivity index (χ1v) is 19.3. The van der Waals surface area contributed by atoms with Crippen molar-refractivity contribution >= 4 is 11.8 Å². The molecular weight excluding hydrogens is 544 g/mol. The Labute approximate surface area is 275 Å². The van der Waals surface area contributed by atoms with E-state index in [4.69, 9.17) is 0 Å². The number of carbonyl (C=O) groups excluding carboxylic acids is 2. The van der Waals surface area contributed by atoms with E-state index >= 15 is 0 Å². The molecule has 6 heteroatoms. The summed E-state index contributed by atoms with van der Waals surface area (Å²) in [5.74, 6) is 0.279. The van der Waals surface area contributed by atoms with Gasteiger partial charge in [-0.15, -0.1) is 0 Å². The topological polar surface area (TPSA) is 64.7 Å². The van der Waals surface area contributed by atoms with Gasteiger partial charge in [0.15, 0.2) is 0 Å². The lowest BCUT2D eigenvalue weighted by Gasteiger charge is -2.33. The van der Waals surface area contributed by atoms with Gasteiger partial charge in [0, 0.05) is 64.2 Å². The SMILES string of the molecule is CCCCCCCCCCCCNC(=O)CCN(CCC(=O)NCCCCCCCCCCCC)CCN(C(C)C)C(C)C. The van der Waals surface area contributed by atoms with Crippen LogP contribution in [0.1, 0.15) is 183 Å². The van der Waals surface area contributed by atoms with E-state index in [9.17, 15) is 9.59 Å². The molecule has 0 aliphatic heterocycles. The van der Waals surface area contributed by atoms with Crippen molar-refractivity contribution in [3.63, 3.8) is 0 Å². The summed E-state index contributed by atoms with van der Waals surface area (Å²) in [6.07, 6.45) is 27.2. The van der Waals surface area contributed by atoms with Crippen LogP contribution in [0.15, 0.2) is 0 Å². The van der Waals surface area contributed by atoms with E-state index in [0.717, 1.165) is 39.0 Å². The van der Waals surface area contributed by atoms with Crippen molar-refractivity contribution < 1.29 is 9.59 Å². The summed E-state index contributed by atoms with van der Waals surface area (Å²) in [6, 6.07) is 0.955. The summed E-state index contributed by atoms with van der Waals surface area (Å²) in [5.41, 5.74) is 0. The van der Waals surface area contributed by atoms with E-state index < -0.39 is 0 Å². The van der Waals surface area contributed by atoms with E-state index in [1.54, 1.807) is 0 Å². The number of hydrogen-bond acceptors (Lipinski definition) is 4. The van der Waals surface area contributed by atoms with Crippen LogP contribution in [-0.2, 0) is 9.59 Å². The molecule has 0 spiro atoms. The van der Waals surface area contributed by atoms with Gasteiger partial charge in [-0.3, -0.25) is 14.5 Å². The molecule has 44 heavy (non-hydrogen) atoms. The Morgan fingerprint density at radius 3 is 1.09 bits per heavy atom. The number of nitrogens with zero attached hydrogens (tertiary/aromatic N) is 2. The fourth-order valence-electron chi connectivity index (χ4n) is 6.08. The highest BCUT2D eigenvalue weighted by Gasteiger charge is 2.16. The Balaban J connectivity index is 4.25. The molecule has 0 heterocycles. The lowest BCUT2D eigenvalue weighted by Crippen LogP contribution is -2.44. The molecule has 0 radical (unpaired) electrons. The fourth-order valence-corrected chi connectivity index (χ4v) is 6.08. The highest BCUT2D eigenvalue weighted by molar-refractivity contribution is 5.76. The number of amides is 2. The Hall–Kier alpha value is -1.14. The second-order valence-corrected chi connectivity index (χ2v) is 13.8. The number of carbonyl (C=O) groups is 2. The van der Waals surface area contributed by atoms with E-state index in [2.05, 4.69) is 62.0 Å². The second-order valence-electron chi connectivity index (χ2n) is 13.8. The molecule has 0 aliphatic carbocycles. The number of rotatable bonds is 33. The summed E-state index contributed by atoms with van der Waals surface area (Å²) >= 11 is 0. The highest BCUT2D eigenvalue weighted by Crippen LogP contribution is 2.12. The standard InChI is InChI=1S/C38H78N4O2/c1-7-9-11-13-15-17-19-21-23-25-29-39-37(43)27-31-41(33-34-42(35(3)4)36(5)6)32-28-38(44)40-30-26-24-22-20-18-16-14-12-10-8-2/h35-36H,7-34H2,1-6H3,(H,39,43)(H,40,44). The van der Waals surface area contributed by atoms with Gasteiger partial charge in [-0.05, 0) is 40.5 Å². The maximum atomic E-state index is 12.6. The van der Waals surface area contributed by atoms with Gasteiger partial charge in [-0.25, -0.2) is 0 Å². The molecule has 0 atom stereocenters. The summed E-state index contributed by atoms with van der Waals surface area (Å²) in [4.78, 5) is 30.0. The molecular formula is C38H78N4O2. The zero-order valence-electron chi connectivity index (χ0n) is 30.7. The molecule has 0 rings (SSSR count). The molecule has 0 aromatic carbocycles. The molecule has 0 bridgehead atoms. The van der Waals surface area contributed by atoms with E-state index in [-0.39, 0.29) is 11.8 Å². The quantitative estimate of drug-likeness (QED) is 0.0716. The maximum Gasteiger partial charge on any atom is 0.221 e. The van der Waals surface area contributed by atoms with Gasteiger partial charge >= 0.3 is 0 Å². The van der Waals surface area contributed by atoms with E-state index in [1.807, 2.05) is 0 Å². The minimum Gasteiger partial charge on any atom is -0.356 e. The lowest BCUT2D eigenvalue weighted by molar-refractivity contribution is -0.121. The van der Waals surface area contributed by atoms with Crippen LogP contribution in [-0.4, -0.2) is 73.0 Å². The molecule has 2 amide bonds. The molecule has 0 saturated heterocycles. The Bertz CT molecular complexity index is 590. The number of unbranched alkanes of at least 4 members (excludes halogenated alkanes) is 18. The average molecular weight is 623 g/mol. The molecule has 2 N–H and O–H groups in total. The van der Waals surface area contributed by atoms with Gasteiger partial charge < -0.3 is 15.5 Å². The van der Waals surface area contributed by atoms with Gasteiger partial charge in [0.25, 0.3) is 0 Å². The van der Waals surface area contributed by atoms with Crippen molar-refractivity contribution in [3.8, 4) is 0 Å². The van der Waals surface area contributed by atoms with Gasteiger partial charge in [0.1, 0.15) is 0 Å². The molecule has 6 nitrogen and oxygen atoms in total. The molecule has 0 aromatic rings. The van der Waals surface area contributed by atoms with Crippen LogP contribution in [0.25, 0.3) is 0 Å². The van der Waals surface area contributed by atoms with E-state index in [0.29, 0.717) is 38.0 Å². The van der Waals surface area contributed by atoms with Crippen molar-refractivity contribution in [3.05, 3.63) is 0 Å². The van der Waals surface area contributed by atoms with Gasteiger partial charge in [-0.1, -0.05) is 129 Å². The maximum absolute atomic E-state index is 12.6. The minimum atomic E-state index is 0.140.